The fourth-order valence-electron chi connectivity index (χ4n) is 3.29. The van der Waals surface area contributed by atoms with Crippen molar-refractivity contribution < 1.29 is 4.39 Å². The van der Waals surface area contributed by atoms with Crippen molar-refractivity contribution >= 4 is 11.2 Å². The average Bonchev–Trinajstić information content (AvgIpc) is 2.93. The molecule has 0 atom stereocenters. The molecule has 118 valence electrons. The van der Waals surface area contributed by atoms with Gasteiger partial charge in [-0.2, -0.15) is 9.49 Å². The van der Waals surface area contributed by atoms with Crippen LogP contribution in [0.25, 0.3) is 5.52 Å². The fourth-order valence-corrected chi connectivity index (χ4v) is 3.29. The van der Waals surface area contributed by atoms with Gasteiger partial charge in [0.2, 0.25) is 5.95 Å². The summed E-state index contributed by atoms with van der Waals surface area (Å²) in [6.07, 6.45) is 8.13. The van der Waals surface area contributed by atoms with Crippen LogP contribution in [-0.2, 0) is 6.42 Å². The zero-order valence-electron chi connectivity index (χ0n) is 13.5. The molecule has 0 saturated heterocycles. The van der Waals surface area contributed by atoms with Crippen molar-refractivity contribution in [3.63, 3.8) is 0 Å². The Hall–Kier alpha value is -2.93. The molecule has 1 aromatic carbocycles. The molecule has 0 N–H and O–H groups in total. The maximum Gasteiger partial charge on any atom is 0.214 e. The minimum atomic E-state index is -0.377. The minimum Gasteiger partial charge on any atom is -0.278 e. The summed E-state index contributed by atoms with van der Waals surface area (Å²) in [7, 11) is 0. The molecule has 1 aliphatic rings. The first-order valence-electron chi connectivity index (χ1n) is 7.81. The van der Waals surface area contributed by atoms with Crippen molar-refractivity contribution in [2.45, 2.75) is 25.8 Å². The van der Waals surface area contributed by atoms with Gasteiger partial charge >= 0.3 is 0 Å². The van der Waals surface area contributed by atoms with Gasteiger partial charge in [-0.25, -0.2) is 4.52 Å². The average molecular weight is 317 g/mol. The van der Waals surface area contributed by atoms with Crippen LogP contribution < -0.4 is 0 Å². The van der Waals surface area contributed by atoms with Crippen molar-refractivity contribution in [3.05, 3.63) is 70.8 Å². The van der Waals surface area contributed by atoms with E-state index >= 15 is 0 Å². The largest absolute Gasteiger partial charge is 0.278 e. The van der Waals surface area contributed by atoms with Crippen LogP contribution in [0.2, 0.25) is 0 Å². The molecule has 0 amide bonds. The molecule has 0 bridgehead atoms. The summed E-state index contributed by atoms with van der Waals surface area (Å²) in [6, 6.07) is 11.0. The van der Waals surface area contributed by atoms with E-state index in [9.17, 15) is 4.39 Å². The van der Waals surface area contributed by atoms with Crippen LogP contribution in [0.5, 0.6) is 0 Å². The summed E-state index contributed by atoms with van der Waals surface area (Å²) in [6.45, 7) is 4.18. The number of rotatable bonds is 1. The summed E-state index contributed by atoms with van der Waals surface area (Å²) in [4.78, 5) is 4.92. The van der Waals surface area contributed by atoms with E-state index in [2.05, 4.69) is 24.9 Å². The molecule has 0 spiro atoms. The molecule has 0 unspecified atom stereocenters. The molecule has 4 rings (SSSR count). The zero-order valence-corrected chi connectivity index (χ0v) is 13.5. The van der Waals surface area contributed by atoms with Crippen LogP contribution in [-0.4, -0.2) is 20.9 Å². The Kier molecular flexibility index (Phi) is 3.07. The second kappa shape index (κ2) is 5.04. The Morgan fingerprint density at radius 1 is 1.25 bits per heavy atom. The first kappa shape index (κ1) is 14.6. The topological polar surface area (TPSA) is 29.7 Å². The van der Waals surface area contributed by atoms with Crippen molar-refractivity contribution in [2.24, 2.45) is 4.99 Å². The molecule has 0 radical (unpaired) electrons. The molecule has 1 aliphatic heterocycles. The van der Waals surface area contributed by atoms with Crippen molar-refractivity contribution in [3.8, 4) is 12.3 Å². The van der Waals surface area contributed by atoms with Gasteiger partial charge in [0.15, 0.2) is 0 Å². The number of halogens is 1. The molecule has 3 nitrogen and oxygen atoms in total. The SMILES string of the molecule is C#Cc1cccc2c1CC(C)(C)N=C2c1cnn2c(F)ccc2c1. The summed E-state index contributed by atoms with van der Waals surface area (Å²) in [5.74, 6) is 2.40. The normalized spacial score (nSPS) is 15.7. The summed E-state index contributed by atoms with van der Waals surface area (Å²) < 4.78 is 14.9. The number of fused-ring (bicyclic) bond motifs is 2. The van der Waals surface area contributed by atoms with Gasteiger partial charge in [-0.1, -0.05) is 18.1 Å². The third-order valence-corrected chi connectivity index (χ3v) is 4.34. The first-order valence-corrected chi connectivity index (χ1v) is 7.81. The van der Waals surface area contributed by atoms with Gasteiger partial charge in [0.05, 0.1) is 23.0 Å². The Labute approximate surface area is 139 Å². The minimum absolute atomic E-state index is 0.255. The number of hydrogen-bond acceptors (Lipinski definition) is 2. The maximum atomic E-state index is 13.6. The van der Waals surface area contributed by atoms with Gasteiger partial charge in [-0.15, -0.1) is 6.42 Å². The van der Waals surface area contributed by atoms with E-state index in [-0.39, 0.29) is 11.5 Å². The molecular formula is C20H16FN3. The van der Waals surface area contributed by atoms with Gasteiger partial charge in [-0.3, -0.25) is 4.99 Å². The zero-order chi connectivity index (χ0) is 16.9. The second-order valence-corrected chi connectivity index (χ2v) is 6.66. The molecule has 0 saturated carbocycles. The highest BCUT2D eigenvalue weighted by Crippen LogP contribution is 2.31. The third-order valence-electron chi connectivity index (χ3n) is 4.34. The van der Waals surface area contributed by atoms with E-state index in [1.807, 2.05) is 24.3 Å². The standard InChI is InChI=1S/C20H16FN3/c1-4-13-6-5-7-16-17(13)11-20(2,3)23-19(16)14-10-15-8-9-18(21)24(15)22-12-14/h1,5-10,12H,11H2,2-3H3. The molecule has 4 heteroatoms. The lowest BCUT2D eigenvalue weighted by molar-refractivity contribution is 0.513. The number of nitrogens with zero attached hydrogens (tertiary/aromatic N) is 3. The van der Waals surface area contributed by atoms with Crippen LogP contribution in [0.15, 0.2) is 47.6 Å². The number of aromatic nitrogens is 2. The predicted molar refractivity (Wildman–Crippen MR) is 92.9 cm³/mol. The molecule has 24 heavy (non-hydrogen) atoms. The molecule has 0 fully saturated rings. The van der Waals surface area contributed by atoms with Gasteiger partial charge in [0.25, 0.3) is 0 Å². The summed E-state index contributed by atoms with van der Waals surface area (Å²) in [5, 5.41) is 4.20. The monoisotopic (exact) mass is 317 g/mol. The fraction of sp³-hybridized carbons (Fsp3) is 0.200. The predicted octanol–water partition coefficient (Wildman–Crippen LogP) is 3.63. The lowest BCUT2D eigenvalue weighted by Crippen LogP contribution is -2.30. The van der Waals surface area contributed by atoms with E-state index in [0.29, 0.717) is 5.52 Å². The molecule has 2 aromatic heterocycles. The second-order valence-electron chi connectivity index (χ2n) is 6.66. The smallest absolute Gasteiger partial charge is 0.214 e. The van der Waals surface area contributed by atoms with E-state index < -0.39 is 0 Å². The number of terminal acetylenes is 1. The van der Waals surface area contributed by atoms with Crippen LogP contribution >= 0.6 is 0 Å². The Bertz CT molecular complexity index is 1030. The van der Waals surface area contributed by atoms with E-state index in [1.165, 1.54) is 10.6 Å². The van der Waals surface area contributed by atoms with Crippen LogP contribution in [0.3, 0.4) is 0 Å². The van der Waals surface area contributed by atoms with Crippen LogP contribution in [0.1, 0.15) is 36.1 Å². The van der Waals surface area contributed by atoms with Crippen molar-refractivity contribution in [1.82, 2.24) is 9.61 Å². The molecular weight excluding hydrogens is 301 g/mol. The number of benzene rings is 1. The Morgan fingerprint density at radius 2 is 2.08 bits per heavy atom. The highest BCUT2D eigenvalue weighted by atomic mass is 19.1. The third kappa shape index (κ3) is 2.21. The molecule has 0 aliphatic carbocycles. The van der Waals surface area contributed by atoms with Crippen LogP contribution in [0, 0.1) is 18.3 Å². The maximum absolute atomic E-state index is 13.6. The van der Waals surface area contributed by atoms with Gasteiger partial charge < -0.3 is 0 Å². The Balaban J connectivity index is 1.96. The van der Waals surface area contributed by atoms with E-state index in [4.69, 9.17) is 11.4 Å². The quantitative estimate of drug-likeness (QED) is 0.630. The van der Waals surface area contributed by atoms with Crippen molar-refractivity contribution in [2.75, 3.05) is 0 Å². The Morgan fingerprint density at radius 3 is 2.88 bits per heavy atom. The lowest BCUT2D eigenvalue weighted by atomic mass is 9.83. The molecule has 3 aromatic rings. The van der Waals surface area contributed by atoms with E-state index in [0.717, 1.165) is 34.4 Å². The van der Waals surface area contributed by atoms with Crippen LogP contribution in [0.4, 0.5) is 4.39 Å². The molecule has 3 heterocycles. The van der Waals surface area contributed by atoms with Gasteiger partial charge in [0.1, 0.15) is 0 Å². The highest BCUT2D eigenvalue weighted by molar-refractivity contribution is 6.15. The highest BCUT2D eigenvalue weighted by Gasteiger charge is 2.29. The van der Waals surface area contributed by atoms with Gasteiger partial charge in [0, 0.05) is 16.7 Å². The van der Waals surface area contributed by atoms with E-state index in [1.54, 1.807) is 12.3 Å². The summed E-state index contributed by atoms with van der Waals surface area (Å²) in [5.41, 5.74) is 5.23. The summed E-state index contributed by atoms with van der Waals surface area (Å²) >= 11 is 0. The van der Waals surface area contributed by atoms with Crippen molar-refractivity contribution in [1.29, 1.82) is 0 Å². The van der Waals surface area contributed by atoms with Gasteiger partial charge in [-0.05, 0) is 50.1 Å². The first-order chi connectivity index (χ1) is 11.5. The number of hydrogen-bond donors (Lipinski definition) is 0. The number of aliphatic imine (C=N–C) groups is 1. The lowest BCUT2D eigenvalue weighted by Gasteiger charge is -2.30.